The third-order valence-corrected chi connectivity index (χ3v) is 4.34. The summed E-state index contributed by atoms with van der Waals surface area (Å²) in [7, 11) is 1.88. The Morgan fingerprint density at radius 3 is 2.56 bits per heavy atom. The number of carbonyl (C=O) groups is 1. The van der Waals surface area contributed by atoms with E-state index < -0.39 is 0 Å². The smallest absolute Gasteiger partial charge is 0.226 e. The second-order valence-electron chi connectivity index (χ2n) is 5.27. The van der Waals surface area contributed by atoms with Crippen LogP contribution in [0.2, 0.25) is 0 Å². The molecule has 2 aromatic rings. The van der Waals surface area contributed by atoms with E-state index in [0.717, 1.165) is 22.0 Å². The highest BCUT2D eigenvalue weighted by Gasteiger charge is 2.10. The zero-order valence-corrected chi connectivity index (χ0v) is 17.0. The molecule has 1 aromatic heterocycles. The van der Waals surface area contributed by atoms with Crippen LogP contribution in [0.3, 0.4) is 0 Å². The van der Waals surface area contributed by atoms with Gasteiger partial charge in [0.1, 0.15) is 10.8 Å². The van der Waals surface area contributed by atoms with Crippen molar-refractivity contribution < 1.29 is 9.53 Å². The largest absolute Gasteiger partial charge is 0.494 e. The van der Waals surface area contributed by atoms with E-state index in [9.17, 15) is 4.79 Å². The van der Waals surface area contributed by atoms with Gasteiger partial charge in [0.15, 0.2) is 0 Å². The van der Waals surface area contributed by atoms with Crippen molar-refractivity contribution in [1.82, 2.24) is 15.6 Å². The van der Waals surface area contributed by atoms with E-state index in [1.807, 2.05) is 50.5 Å². The van der Waals surface area contributed by atoms with Crippen LogP contribution in [0.5, 0.6) is 5.75 Å². The van der Waals surface area contributed by atoms with E-state index in [2.05, 4.69) is 15.6 Å². The molecule has 0 saturated carbocycles. The number of aromatic nitrogens is 1. The Balaban J connectivity index is 0.00000288. The fourth-order valence-electron chi connectivity index (χ4n) is 1.98. The maximum absolute atomic E-state index is 11.9. The molecule has 2 rings (SSSR count). The maximum Gasteiger partial charge on any atom is 0.226 e. The number of likely N-dealkylation sites (N-methyl/N-ethyl adjacent to an activating group) is 1. The first-order chi connectivity index (χ1) is 11.1. The summed E-state index contributed by atoms with van der Waals surface area (Å²) in [5.74, 6) is 0.849. The van der Waals surface area contributed by atoms with E-state index in [4.69, 9.17) is 4.74 Å². The third-order valence-electron chi connectivity index (χ3n) is 3.40. The van der Waals surface area contributed by atoms with Gasteiger partial charge in [-0.15, -0.1) is 36.2 Å². The average molecular weight is 406 g/mol. The average Bonchev–Trinajstić information content (AvgIpc) is 3.02. The van der Waals surface area contributed by atoms with Crippen LogP contribution in [-0.2, 0) is 11.2 Å². The number of halogens is 2. The van der Waals surface area contributed by atoms with Gasteiger partial charge in [-0.05, 0) is 45.2 Å². The highest BCUT2D eigenvalue weighted by molar-refractivity contribution is 7.13. The second-order valence-corrected chi connectivity index (χ2v) is 6.13. The number of carbonyl (C=O) groups excluding carboxylic acids is 1. The molecule has 1 unspecified atom stereocenters. The van der Waals surface area contributed by atoms with Gasteiger partial charge in [-0.2, -0.15) is 0 Å². The number of benzene rings is 1. The van der Waals surface area contributed by atoms with Gasteiger partial charge in [-0.3, -0.25) is 4.79 Å². The minimum Gasteiger partial charge on any atom is -0.494 e. The van der Waals surface area contributed by atoms with E-state index in [1.165, 1.54) is 0 Å². The Labute approximate surface area is 165 Å². The lowest BCUT2D eigenvalue weighted by Crippen LogP contribution is -2.37. The van der Waals surface area contributed by atoms with Crippen molar-refractivity contribution in [3.05, 3.63) is 35.3 Å². The Morgan fingerprint density at radius 2 is 1.96 bits per heavy atom. The number of nitrogens with zero attached hydrogens (tertiary/aromatic N) is 1. The molecule has 0 aliphatic rings. The molecule has 0 spiro atoms. The van der Waals surface area contributed by atoms with E-state index in [-0.39, 0.29) is 36.8 Å². The predicted molar refractivity (Wildman–Crippen MR) is 108 cm³/mol. The van der Waals surface area contributed by atoms with E-state index in [0.29, 0.717) is 19.6 Å². The number of amides is 1. The van der Waals surface area contributed by atoms with Crippen molar-refractivity contribution >= 4 is 42.1 Å². The van der Waals surface area contributed by atoms with Crippen molar-refractivity contribution in [2.75, 3.05) is 20.2 Å². The van der Waals surface area contributed by atoms with Gasteiger partial charge in [0.05, 0.1) is 18.7 Å². The van der Waals surface area contributed by atoms with Crippen LogP contribution in [0.1, 0.15) is 19.5 Å². The lowest BCUT2D eigenvalue weighted by atomic mass is 10.2. The van der Waals surface area contributed by atoms with Crippen LogP contribution in [0.25, 0.3) is 10.6 Å². The molecule has 1 heterocycles. The molecule has 25 heavy (non-hydrogen) atoms. The van der Waals surface area contributed by atoms with Crippen LogP contribution >= 0.6 is 36.2 Å². The predicted octanol–water partition coefficient (Wildman–Crippen LogP) is 3.32. The first kappa shape index (κ1) is 23.7. The number of thiazole rings is 1. The first-order valence-electron chi connectivity index (χ1n) is 7.74. The van der Waals surface area contributed by atoms with Crippen molar-refractivity contribution in [1.29, 1.82) is 0 Å². The summed E-state index contributed by atoms with van der Waals surface area (Å²) in [5, 5.41) is 8.84. The quantitative estimate of drug-likeness (QED) is 0.706. The standard InChI is InChI=1S/C17H23N3O2S.2ClH/c1-4-22-15-7-5-13(6-8-15)17-20-14(11-23-17)9-16(21)19-10-12(2)18-3;;/h5-8,11-12,18H,4,9-10H2,1-3H3,(H,19,21);2*1H. The van der Waals surface area contributed by atoms with Gasteiger partial charge < -0.3 is 15.4 Å². The molecule has 1 atom stereocenters. The topological polar surface area (TPSA) is 63.2 Å². The fraction of sp³-hybridized carbons (Fsp3) is 0.412. The summed E-state index contributed by atoms with van der Waals surface area (Å²) in [6.07, 6.45) is 0.309. The first-order valence-corrected chi connectivity index (χ1v) is 8.62. The van der Waals surface area contributed by atoms with E-state index >= 15 is 0 Å². The SMILES string of the molecule is CCOc1ccc(-c2nc(CC(=O)NCC(C)NC)cs2)cc1.Cl.Cl. The lowest BCUT2D eigenvalue weighted by molar-refractivity contribution is -0.120. The summed E-state index contributed by atoms with van der Waals surface area (Å²) in [6, 6.07) is 8.11. The van der Waals surface area contributed by atoms with Crippen LogP contribution in [0, 0.1) is 0 Å². The Morgan fingerprint density at radius 1 is 1.28 bits per heavy atom. The summed E-state index contributed by atoms with van der Waals surface area (Å²) in [6.45, 7) is 5.25. The highest BCUT2D eigenvalue weighted by Crippen LogP contribution is 2.25. The van der Waals surface area contributed by atoms with Crippen molar-refractivity contribution in [3.63, 3.8) is 0 Å². The summed E-state index contributed by atoms with van der Waals surface area (Å²) >= 11 is 1.55. The monoisotopic (exact) mass is 405 g/mol. The van der Waals surface area contributed by atoms with Gasteiger partial charge >= 0.3 is 0 Å². The molecule has 0 saturated heterocycles. The third kappa shape index (κ3) is 7.61. The normalized spacial score (nSPS) is 11.0. The molecule has 1 amide bonds. The number of hydrogen-bond acceptors (Lipinski definition) is 5. The Bertz CT molecular complexity index is 635. The highest BCUT2D eigenvalue weighted by atomic mass is 35.5. The molecule has 8 heteroatoms. The molecular formula is C17H25Cl2N3O2S. The van der Waals surface area contributed by atoms with Crippen LogP contribution in [0.15, 0.2) is 29.6 Å². The molecule has 0 radical (unpaired) electrons. The minimum atomic E-state index is -0.00403. The molecule has 2 N–H and O–H groups in total. The van der Waals surface area contributed by atoms with Crippen molar-refractivity contribution in [2.45, 2.75) is 26.3 Å². The van der Waals surface area contributed by atoms with E-state index in [1.54, 1.807) is 11.3 Å². The van der Waals surface area contributed by atoms with Gasteiger partial charge in [0, 0.05) is 23.5 Å². The number of nitrogens with one attached hydrogen (secondary N) is 2. The minimum absolute atomic E-state index is 0. The molecule has 0 aliphatic heterocycles. The zero-order valence-electron chi connectivity index (χ0n) is 14.6. The number of hydrogen-bond donors (Lipinski definition) is 2. The maximum atomic E-state index is 11.9. The zero-order chi connectivity index (χ0) is 16.7. The van der Waals surface area contributed by atoms with Gasteiger partial charge in [-0.25, -0.2) is 4.98 Å². The van der Waals surface area contributed by atoms with Crippen LogP contribution in [-0.4, -0.2) is 37.1 Å². The summed E-state index contributed by atoms with van der Waals surface area (Å²) < 4.78 is 5.43. The Kier molecular flexibility index (Phi) is 11.4. The molecule has 0 fully saturated rings. The molecule has 5 nitrogen and oxygen atoms in total. The van der Waals surface area contributed by atoms with Crippen molar-refractivity contribution in [3.8, 4) is 16.3 Å². The van der Waals surface area contributed by atoms with Crippen molar-refractivity contribution in [2.24, 2.45) is 0 Å². The lowest BCUT2D eigenvalue weighted by Gasteiger charge is -2.10. The number of rotatable bonds is 8. The molecule has 0 bridgehead atoms. The fourth-order valence-corrected chi connectivity index (χ4v) is 2.80. The molecule has 1 aromatic carbocycles. The second kappa shape index (κ2) is 12.1. The summed E-state index contributed by atoms with van der Waals surface area (Å²) in [4.78, 5) is 16.4. The molecule has 140 valence electrons. The van der Waals surface area contributed by atoms with Gasteiger partial charge in [-0.1, -0.05) is 0 Å². The van der Waals surface area contributed by atoms with Crippen LogP contribution in [0.4, 0.5) is 0 Å². The van der Waals surface area contributed by atoms with Crippen LogP contribution < -0.4 is 15.4 Å². The molecule has 0 aliphatic carbocycles. The Hall–Kier alpha value is -1.34. The van der Waals surface area contributed by atoms with Gasteiger partial charge in [0.2, 0.25) is 5.91 Å². The summed E-state index contributed by atoms with van der Waals surface area (Å²) in [5.41, 5.74) is 1.84. The van der Waals surface area contributed by atoms with Gasteiger partial charge in [0.25, 0.3) is 0 Å². The number of ether oxygens (including phenoxy) is 1. The molecular weight excluding hydrogens is 381 g/mol.